The molecule has 0 aliphatic heterocycles. The van der Waals surface area contributed by atoms with Gasteiger partial charge in [-0.25, -0.2) is 0 Å². The second-order valence-electron chi connectivity index (χ2n) is 20.0. The SMILES string of the molecule is C[SiH](C)[Hf]([CH]1C(C(C)(C)C)=Cc2c(-c3ccccc3-c3cccc4ccccc34)cccc21)[CH]1C(C(C)(C)C)=Cc2c(-c3ccccc3-c3cccc4ccccc34)cccc21. The third-order valence-electron chi connectivity index (χ3n) is 13.8. The van der Waals surface area contributed by atoms with Gasteiger partial charge in [0, 0.05) is 0 Å². The molecule has 8 aromatic rings. The summed E-state index contributed by atoms with van der Waals surface area (Å²) in [6.45, 7) is 20.3. The number of hydrogen-bond acceptors (Lipinski definition) is 0. The van der Waals surface area contributed by atoms with Crippen LogP contribution >= 0.6 is 0 Å². The van der Waals surface area contributed by atoms with E-state index in [1.165, 1.54) is 77.2 Å². The van der Waals surface area contributed by atoms with Crippen molar-refractivity contribution in [3.63, 3.8) is 0 Å². The fourth-order valence-electron chi connectivity index (χ4n) is 11.0. The van der Waals surface area contributed by atoms with Gasteiger partial charge in [-0.05, 0) is 0 Å². The first kappa shape index (κ1) is 40.9. The van der Waals surface area contributed by atoms with Crippen LogP contribution in [0.3, 0.4) is 0 Å². The maximum atomic E-state index is 2.72. The van der Waals surface area contributed by atoms with Crippen LogP contribution in [0, 0.1) is 10.8 Å². The van der Waals surface area contributed by atoms with Crippen LogP contribution in [-0.4, -0.2) is 5.98 Å². The molecule has 0 N–H and O–H groups in total. The summed E-state index contributed by atoms with van der Waals surface area (Å²) in [5, 5.41) is 5.18. The predicted molar refractivity (Wildman–Crippen MR) is 269 cm³/mol. The third-order valence-corrected chi connectivity index (χ3v) is 44.2. The van der Waals surface area contributed by atoms with Gasteiger partial charge in [0.2, 0.25) is 0 Å². The van der Waals surface area contributed by atoms with Gasteiger partial charge in [-0.15, -0.1) is 0 Å². The zero-order valence-electron chi connectivity index (χ0n) is 37.6. The molecule has 305 valence electrons. The van der Waals surface area contributed by atoms with Crippen molar-refractivity contribution < 1.29 is 20.6 Å². The van der Waals surface area contributed by atoms with E-state index in [1.807, 2.05) is 0 Å². The molecule has 62 heavy (non-hydrogen) atoms. The van der Waals surface area contributed by atoms with Crippen molar-refractivity contribution >= 4 is 39.7 Å². The minimum absolute atomic E-state index is 0.0433. The first-order chi connectivity index (χ1) is 29.9. The van der Waals surface area contributed by atoms with Gasteiger partial charge in [0.25, 0.3) is 0 Å². The van der Waals surface area contributed by atoms with E-state index >= 15 is 0 Å². The van der Waals surface area contributed by atoms with E-state index < -0.39 is 26.6 Å². The summed E-state index contributed by atoms with van der Waals surface area (Å²) in [5.41, 5.74) is 20.2. The van der Waals surface area contributed by atoms with Gasteiger partial charge in [0.1, 0.15) is 0 Å². The Morgan fingerprint density at radius 1 is 0.355 bits per heavy atom. The first-order valence-corrected chi connectivity index (χ1v) is 35.9. The summed E-state index contributed by atoms with van der Waals surface area (Å²) in [6, 6.07) is 64.2. The average molecular weight is 985 g/mol. The molecule has 2 heteroatoms. The van der Waals surface area contributed by atoms with E-state index in [-0.39, 0.29) is 10.8 Å². The maximum absolute atomic E-state index is 2.76. The number of fused-ring (bicyclic) bond motifs is 4. The Kier molecular flexibility index (Phi) is 10.5. The molecule has 10 rings (SSSR count). The van der Waals surface area contributed by atoms with Gasteiger partial charge in [-0.3, -0.25) is 0 Å². The molecule has 0 saturated heterocycles. The summed E-state index contributed by atoms with van der Waals surface area (Å²) in [5.74, 6) is -1.15. The molecule has 2 atom stereocenters. The monoisotopic (exact) mass is 985 g/mol. The fourth-order valence-corrected chi connectivity index (χ4v) is 44.4. The molecule has 2 unspecified atom stereocenters. The second-order valence-corrected chi connectivity index (χ2v) is 47.9. The van der Waals surface area contributed by atoms with E-state index in [1.54, 1.807) is 22.3 Å². The molecule has 0 saturated carbocycles. The van der Waals surface area contributed by atoms with Gasteiger partial charge in [0.05, 0.1) is 0 Å². The van der Waals surface area contributed by atoms with Crippen molar-refractivity contribution in [2.75, 3.05) is 0 Å². The molecule has 0 bridgehead atoms. The van der Waals surface area contributed by atoms with Crippen LogP contribution in [0.5, 0.6) is 0 Å². The molecule has 0 aromatic heterocycles. The molecule has 0 amide bonds. The van der Waals surface area contributed by atoms with Crippen molar-refractivity contribution in [2.45, 2.75) is 62.0 Å². The summed E-state index contributed by atoms with van der Waals surface area (Å²) in [6.07, 6.45) is 5.37. The summed E-state index contributed by atoms with van der Waals surface area (Å²) < 4.78 is 1.05. The number of rotatable bonds is 7. The van der Waals surface area contributed by atoms with Crippen molar-refractivity contribution in [2.24, 2.45) is 10.8 Å². The Balaban J connectivity index is 1.15. The summed E-state index contributed by atoms with van der Waals surface area (Å²) >= 11 is -2.76. The molecule has 2 aliphatic rings. The van der Waals surface area contributed by atoms with E-state index in [9.17, 15) is 0 Å². The molecule has 0 fully saturated rings. The van der Waals surface area contributed by atoms with E-state index in [4.69, 9.17) is 0 Å². The third kappa shape index (κ3) is 6.99. The second kappa shape index (κ2) is 15.9. The van der Waals surface area contributed by atoms with Crippen molar-refractivity contribution in [3.8, 4) is 44.5 Å². The molecule has 0 nitrogen and oxygen atoms in total. The quantitative estimate of drug-likeness (QED) is 0.140. The normalized spacial score (nSPS) is 16.1. The topological polar surface area (TPSA) is 0 Å². The molecule has 0 spiro atoms. The van der Waals surface area contributed by atoms with Crippen LogP contribution in [-0.2, 0) is 20.6 Å². The van der Waals surface area contributed by atoms with Crippen LogP contribution in [0.25, 0.3) is 78.2 Å². The van der Waals surface area contributed by atoms with Crippen molar-refractivity contribution in [3.05, 3.63) is 203 Å². The Morgan fingerprint density at radius 2 is 0.661 bits per heavy atom. The standard InChI is InChI=1S/2C29H25.C2H7Si.Hf/c2*1-29(2,3)22-18-21-12-9-17-27(28(21)19-22)26-15-7-6-14-25(26)24-16-8-11-20-10-4-5-13-23(20)24;1-3-2;/h2*4-19H,1-3H3;3H,1-2H3;. The van der Waals surface area contributed by atoms with Crippen LogP contribution in [0.4, 0.5) is 0 Å². The predicted octanol–water partition coefficient (Wildman–Crippen LogP) is 16.9. The van der Waals surface area contributed by atoms with E-state index in [0.29, 0.717) is 7.35 Å². The molecular weight excluding hydrogens is 927 g/mol. The van der Waals surface area contributed by atoms with Crippen LogP contribution in [0.1, 0.15) is 71.1 Å². The Bertz CT molecular complexity index is 2880. The van der Waals surface area contributed by atoms with Crippen molar-refractivity contribution in [1.29, 1.82) is 0 Å². The fraction of sp³-hybridized carbons (Fsp3) is 0.200. The number of allylic oxidation sites excluding steroid dienone is 2. The average Bonchev–Trinajstić information content (AvgIpc) is 3.87. The molecule has 2 aliphatic carbocycles. The minimum atomic E-state index is -2.76. The zero-order chi connectivity index (χ0) is 42.9. The number of hydrogen-bond donors (Lipinski definition) is 0. The Morgan fingerprint density at radius 3 is 1.05 bits per heavy atom. The summed E-state index contributed by atoms with van der Waals surface area (Å²) in [7, 11) is 0. The van der Waals surface area contributed by atoms with E-state index in [0.717, 1.165) is 0 Å². The van der Waals surface area contributed by atoms with Gasteiger partial charge < -0.3 is 0 Å². The van der Waals surface area contributed by atoms with Gasteiger partial charge in [0.15, 0.2) is 0 Å². The Labute approximate surface area is 378 Å². The van der Waals surface area contributed by atoms with Gasteiger partial charge in [-0.2, -0.15) is 0 Å². The zero-order valence-corrected chi connectivity index (χ0v) is 42.3. The van der Waals surface area contributed by atoms with Crippen LogP contribution < -0.4 is 0 Å². The Hall–Kier alpha value is -5.15. The van der Waals surface area contributed by atoms with E-state index in [2.05, 4.69) is 237 Å². The van der Waals surface area contributed by atoms with Gasteiger partial charge in [-0.1, -0.05) is 0 Å². The molecule has 0 radical (unpaired) electrons. The van der Waals surface area contributed by atoms with Crippen molar-refractivity contribution in [1.82, 2.24) is 0 Å². The van der Waals surface area contributed by atoms with Crippen LogP contribution in [0.15, 0.2) is 181 Å². The van der Waals surface area contributed by atoms with Gasteiger partial charge >= 0.3 is 381 Å². The first-order valence-electron chi connectivity index (χ1n) is 22.6. The summed E-state index contributed by atoms with van der Waals surface area (Å²) in [4.78, 5) is 0. The molecule has 8 aromatic carbocycles. The number of benzene rings is 8. The van der Waals surface area contributed by atoms with Crippen LogP contribution in [0.2, 0.25) is 13.1 Å². The molecular formula is C60H57HfSi. The molecule has 0 heterocycles.